The minimum absolute atomic E-state index is 0.0344. The molecule has 2 rings (SSSR count). The molecule has 9 nitrogen and oxygen atoms in total. The highest BCUT2D eigenvalue weighted by atomic mass is 32.1. The fourth-order valence-electron chi connectivity index (χ4n) is 3.18. The molecule has 2 N–H and O–H groups in total. The van der Waals surface area contributed by atoms with Crippen molar-refractivity contribution < 1.29 is 33.8 Å². The highest BCUT2D eigenvalue weighted by molar-refractivity contribution is 7.14. The standard InChI is InChI=1S/C25H32N2O7S/c1-17(22(30)26-13-12-21(28)29)27(20-11-8-14-35-20)19(15-18-9-6-5-7-10-18)23(31)33-16-34-24(32)25(2,3)4/h5-11,14,17,19H,12-13,15-16H2,1-4H3,(H,26,30)(H,28,29)/t17-,19?/m0/s1. The molecule has 1 amide bonds. The number of carboxylic acid groups (broad SMARTS) is 1. The molecular formula is C25H32N2O7S. The molecule has 0 saturated carbocycles. The molecule has 1 heterocycles. The maximum absolute atomic E-state index is 13.3. The molecule has 190 valence electrons. The van der Waals surface area contributed by atoms with Gasteiger partial charge in [-0.3, -0.25) is 14.4 Å². The number of nitrogens with one attached hydrogen (secondary N) is 1. The predicted molar refractivity (Wildman–Crippen MR) is 132 cm³/mol. The lowest BCUT2D eigenvalue weighted by atomic mass is 9.98. The molecule has 10 heteroatoms. The number of carbonyl (C=O) groups is 4. The Kier molecular flexibility index (Phi) is 10.3. The summed E-state index contributed by atoms with van der Waals surface area (Å²) < 4.78 is 10.4. The molecule has 35 heavy (non-hydrogen) atoms. The Morgan fingerprint density at radius 2 is 1.74 bits per heavy atom. The Bertz CT molecular complexity index is 987. The van der Waals surface area contributed by atoms with E-state index in [-0.39, 0.29) is 19.4 Å². The first kappa shape index (κ1) is 27.8. The molecule has 2 aromatic rings. The third-order valence-electron chi connectivity index (χ3n) is 5.08. The molecule has 0 spiro atoms. The van der Waals surface area contributed by atoms with Crippen LogP contribution in [0.2, 0.25) is 0 Å². The van der Waals surface area contributed by atoms with Crippen LogP contribution in [0, 0.1) is 5.41 Å². The normalized spacial score (nSPS) is 12.8. The van der Waals surface area contributed by atoms with Gasteiger partial charge in [-0.25, -0.2) is 4.79 Å². The zero-order valence-electron chi connectivity index (χ0n) is 20.4. The molecule has 0 fully saturated rings. The SMILES string of the molecule is C[C@@H](C(=O)NCCC(=O)O)N(c1cccs1)C(Cc1ccccc1)C(=O)OCOC(=O)C(C)(C)C. The van der Waals surface area contributed by atoms with E-state index in [0.29, 0.717) is 5.00 Å². The van der Waals surface area contributed by atoms with Crippen LogP contribution in [0.5, 0.6) is 0 Å². The zero-order chi connectivity index (χ0) is 26.0. The average Bonchev–Trinajstić information content (AvgIpc) is 3.32. The Morgan fingerprint density at radius 1 is 1.06 bits per heavy atom. The molecule has 0 aliphatic heterocycles. The number of carboxylic acids is 1. The van der Waals surface area contributed by atoms with Gasteiger partial charge in [-0.15, -0.1) is 11.3 Å². The summed E-state index contributed by atoms with van der Waals surface area (Å²) in [5, 5.41) is 14.0. The van der Waals surface area contributed by atoms with Crippen LogP contribution >= 0.6 is 11.3 Å². The van der Waals surface area contributed by atoms with E-state index in [4.69, 9.17) is 14.6 Å². The topological polar surface area (TPSA) is 122 Å². The summed E-state index contributed by atoms with van der Waals surface area (Å²) in [4.78, 5) is 50.7. The summed E-state index contributed by atoms with van der Waals surface area (Å²) in [6, 6.07) is 11.1. The lowest BCUT2D eigenvalue weighted by Gasteiger charge is -2.35. The lowest BCUT2D eigenvalue weighted by molar-refractivity contribution is -0.173. The minimum Gasteiger partial charge on any atom is -0.481 e. The summed E-state index contributed by atoms with van der Waals surface area (Å²) in [5.74, 6) is -2.62. The number of hydrogen-bond acceptors (Lipinski definition) is 8. The molecule has 0 aliphatic carbocycles. The molecule has 0 aliphatic rings. The van der Waals surface area contributed by atoms with Gasteiger partial charge >= 0.3 is 17.9 Å². The second kappa shape index (κ2) is 12.9. The number of amides is 1. The van der Waals surface area contributed by atoms with Gasteiger partial charge in [0.2, 0.25) is 12.7 Å². The van der Waals surface area contributed by atoms with Crippen molar-refractivity contribution in [2.24, 2.45) is 5.41 Å². The van der Waals surface area contributed by atoms with Crippen molar-refractivity contribution in [3.05, 3.63) is 53.4 Å². The average molecular weight is 505 g/mol. The first-order chi connectivity index (χ1) is 16.5. The van der Waals surface area contributed by atoms with E-state index in [2.05, 4.69) is 5.32 Å². The third-order valence-corrected chi connectivity index (χ3v) is 5.96. The van der Waals surface area contributed by atoms with E-state index < -0.39 is 48.1 Å². The van der Waals surface area contributed by atoms with Gasteiger partial charge in [0.1, 0.15) is 12.1 Å². The van der Waals surface area contributed by atoms with E-state index in [9.17, 15) is 19.2 Å². The van der Waals surface area contributed by atoms with Crippen LogP contribution in [-0.2, 0) is 35.1 Å². The first-order valence-electron chi connectivity index (χ1n) is 11.2. The van der Waals surface area contributed by atoms with Gasteiger partial charge in [-0.1, -0.05) is 30.3 Å². The van der Waals surface area contributed by atoms with Crippen molar-refractivity contribution in [2.75, 3.05) is 18.2 Å². The molecule has 1 unspecified atom stereocenters. The first-order valence-corrected chi connectivity index (χ1v) is 12.1. The Labute approximate surface area is 209 Å². The van der Waals surface area contributed by atoms with Crippen LogP contribution in [0.15, 0.2) is 47.8 Å². The second-order valence-corrected chi connectivity index (χ2v) is 9.86. The van der Waals surface area contributed by atoms with Crippen LogP contribution in [0.1, 0.15) is 39.7 Å². The molecule has 0 radical (unpaired) electrons. The number of aliphatic carboxylic acids is 1. The van der Waals surface area contributed by atoms with Crippen LogP contribution < -0.4 is 10.2 Å². The van der Waals surface area contributed by atoms with Gasteiger partial charge in [0.15, 0.2) is 0 Å². The van der Waals surface area contributed by atoms with E-state index in [0.717, 1.165) is 5.56 Å². The van der Waals surface area contributed by atoms with E-state index in [1.165, 1.54) is 11.3 Å². The van der Waals surface area contributed by atoms with Crippen molar-refractivity contribution in [2.45, 2.75) is 52.6 Å². The van der Waals surface area contributed by atoms with Gasteiger partial charge in [0, 0.05) is 13.0 Å². The fraction of sp³-hybridized carbons (Fsp3) is 0.440. The maximum Gasteiger partial charge on any atom is 0.332 e. The van der Waals surface area contributed by atoms with E-state index in [1.807, 2.05) is 35.7 Å². The van der Waals surface area contributed by atoms with Gasteiger partial charge < -0.3 is 24.8 Å². The number of benzene rings is 1. The lowest BCUT2D eigenvalue weighted by Crippen LogP contribution is -2.54. The number of ether oxygens (including phenoxy) is 2. The quantitative estimate of drug-likeness (QED) is 0.334. The van der Waals surface area contributed by atoms with Crippen LogP contribution in [0.4, 0.5) is 5.00 Å². The Morgan fingerprint density at radius 3 is 2.31 bits per heavy atom. The van der Waals surface area contributed by atoms with Gasteiger partial charge in [0.05, 0.1) is 16.8 Å². The van der Waals surface area contributed by atoms with Gasteiger partial charge in [-0.05, 0) is 50.8 Å². The van der Waals surface area contributed by atoms with Gasteiger partial charge in [-0.2, -0.15) is 0 Å². The Hall–Kier alpha value is -3.40. The molecule has 1 aromatic heterocycles. The molecule has 2 atom stereocenters. The highest BCUT2D eigenvalue weighted by Gasteiger charge is 2.35. The van der Waals surface area contributed by atoms with Gasteiger partial charge in [0.25, 0.3) is 0 Å². The molecule has 0 bridgehead atoms. The van der Waals surface area contributed by atoms with E-state index >= 15 is 0 Å². The number of nitrogens with zero attached hydrogens (tertiary/aromatic N) is 1. The maximum atomic E-state index is 13.3. The largest absolute Gasteiger partial charge is 0.481 e. The number of thiophene rings is 1. The highest BCUT2D eigenvalue weighted by Crippen LogP contribution is 2.28. The minimum atomic E-state index is -1.02. The predicted octanol–water partition coefficient (Wildman–Crippen LogP) is 3.24. The Balaban J connectivity index is 2.29. The molecule has 0 saturated heterocycles. The van der Waals surface area contributed by atoms with Crippen molar-refractivity contribution in [1.29, 1.82) is 0 Å². The van der Waals surface area contributed by atoms with Crippen molar-refractivity contribution in [3.8, 4) is 0 Å². The molecular weight excluding hydrogens is 472 g/mol. The number of hydrogen-bond donors (Lipinski definition) is 2. The van der Waals surface area contributed by atoms with Crippen molar-refractivity contribution in [1.82, 2.24) is 5.32 Å². The smallest absolute Gasteiger partial charge is 0.332 e. The monoisotopic (exact) mass is 504 g/mol. The number of esters is 2. The summed E-state index contributed by atoms with van der Waals surface area (Å²) in [6.45, 7) is 6.14. The fourth-order valence-corrected chi connectivity index (χ4v) is 4.04. The van der Waals surface area contributed by atoms with Crippen molar-refractivity contribution in [3.63, 3.8) is 0 Å². The summed E-state index contributed by atoms with van der Waals surface area (Å²) >= 11 is 1.35. The zero-order valence-corrected chi connectivity index (χ0v) is 21.2. The summed E-state index contributed by atoms with van der Waals surface area (Å²) in [6.07, 6.45) is 0.0175. The van der Waals surface area contributed by atoms with Crippen LogP contribution in [0.25, 0.3) is 0 Å². The summed E-state index contributed by atoms with van der Waals surface area (Å²) in [5.41, 5.74) is 0.0997. The van der Waals surface area contributed by atoms with Crippen LogP contribution in [0.3, 0.4) is 0 Å². The number of rotatable bonds is 12. The van der Waals surface area contributed by atoms with E-state index in [1.54, 1.807) is 44.7 Å². The number of anilines is 1. The molecule has 1 aromatic carbocycles. The number of carbonyl (C=O) groups excluding carboxylic acids is 3. The van der Waals surface area contributed by atoms with Crippen LogP contribution in [-0.4, -0.2) is 54.3 Å². The van der Waals surface area contributed by atoms with Crippen molar-refractivity contribution >= 4 is 40.2 Å². The summed E-state index contributed by atoms with van der Waals surface area (Å²) in [7, 11) is 0. The second-order valence-electron chi connectivity index (χ2n) is 8.94. The third kappa shape index (κ3) is 8.71.